The Hall–Kier alpha value is -0.170. The smallest absolute Gasteiger partial charge is 0.0112 e. The lowest BCUT2D eigenvalue weighted by atomic mass is 10.7. The zero-order valence-electron chi connectivity index (χ0n) is 3.90. The Labute approximate surface area is 44.8 Å². The lowest BCUT2D eigenvalue weighted by Gasteiger charge is -1.83. The van der Waals surface area contributed by atoms with Crippen molar-refractivity contribution in [1.29, 1.82) is 0 Å². The second-order valence-corrected chi connectivity index (χ2v) is 0.762. The average molecular weight is 108 g/mol. The molecule has 6 heavy (non-hydrogen) atoms. The molecule has 0 aromatic carbocycles. The normalized spacial score (nSPS) is 5.50. The molecular formula is C4H10ClN. The van der Waals surface area contributed by atoms with Crippen LogP contribution in [-0.2, 0) is 0 Å². The molecule has 0 aliphatic rings. The van der Waals surface area contributed by atoms with Crippen molar-refractivity contribution in [1.82, 2.24) is 5.32 Å². The Kier molecular flexibility index (Phi) is 13.7. The van der Waals surface area contributed by atoms with Crippen LogP contribution in [0.4, 0.5) is 0 Å². The molecule has 1 nitrogen and oxygen atoms in total. The van der Waals surface area contributed by atoms with Crippen molar-refractivity contribution in [3.8, 4) is 0 Å². The Bertz CT molecular complexity index is 28.7. The van der Waals surface area contributed by atoms with E-state index in [-0.39, 0.29) is 12.4 Å². The Morgan fingerprint density at radius 3 is 2.33 bits per heavy atom. The summed E-state index contributed by atoms with van der Waals surface area (Å²) in [7, 11) is 0. The molecule has 0 heterocycles. The summed E-state index contributed by atoms with van der Waals surface area (Å²) in [5.74, 6) is 0. The van der Waals surface area contributed by atoms with E-state index in [0.29, 0.717) is 0 Å². The summed E-state index contributed by atoms with van der Waals surface area (Å²) in [5.41, 5.74) is 0. The summed E-state index contributed by atoms with van der Waals surface area (Å²) in [5, 5.41) is 2.88. The number of halogens is 1. The Morgan fingerprint density at radius 2 is 2.33 bits per heavy atom. The fourth-order valence-electron chi connectivity index (χ4n) is 0.144. The summed E-state index contributed by atoms with van der Waals surface area (Å²) < 4.78 is 0. The van der Waals surface area contributed by atoms with E-state index in [0.717, 1.165) is 6.54 Å². The van der Waals surface area contributed by atoms with Crippen molar-refractivity contribution >= 4 is 12.4 Å². The van der Waals surface area contributed by atoms with Crippen LogP contribution in [0.2, 0.25) is 0 Å². The first-order chi connectivity index (χ1) is 2.41. The van der Waals surface area contributed by atoms with E-state index in [9.17, 15) is 0 Å². The van der Waals surface area contributed by atoms with Crippen LogP contribution in [0.3, 0.4) is 0 Å². The van der Waals surface area contributed by atoms with E-state index < -0.39 is 0 Å². The van der Waals surface area contributed by atoms with Gasteiger partial charge in [0.15, 0.2) is 0 Å². The number of hydrogen-bond donors (Lipinski definition) is 1. The maximum Gasteiger partial charge on any atom is 0.0112 e. The second-order valence-electron chi connectivity index (χ2n) is 0.762. The summed E-state index contributed by atoms with van der Waals surface area (Å²) in [6, 6.07) is 0. The van der Waals surface area contributed by atoms with Gasteiger partial charge < -0.3 is 5.32 Å². The fourth-order valence-corrected chi connectivity index (χ4v) is 0.144. The van der Waals surface area contributed by atoms with Crippen molar-refractivity contribution in [2.45, 2.75) is 6.92 Å². The standard InChI is InChI=1S/C4H9N.ClH/c1-3-5-4-2;/h3,5H,1,4H2,2H3;1H. The summed E-state index contributed by atoms with van der Waals surface area (Å²) in [6.07, 6.45) is 1.68. The SMILES string of the molecule is C=CNCC.Cl. The highest BCUT2D eigenvalue weighted by Crippen LogP contribution is 1.47. The van der Waals surface area contributed by atoms with Crippen molar-refractivity contribution in [3.05, 3.63) is 12.8 Å². The van der Waals surface area contributed by atoms with E-state index in [2.05, 4.69) is 11.9 Å². The largest absolute Gasteiger partial charge is 0.392 e. The summed E-state index contributed by atoms with van der Waals surface area (Å²) >= 11 is 0. The third kappa shape index (κ3) is 9.16. The van der Waals surface area contributed by atoms with Gasteiger partial charge in [0.2, 0.25) is 0 Å². The Morgan fingerprint density at radius 1 is 1.83 bits per heavy atom. The van der Waals surface area contributed by atoms with Gasteiger partial charge in [-0.2, -0.15) is 0 Å². The van der Waals surface area contributed by atoms with Gasteiger partial charge in [0.05, 0.1) is 0 Å². The Balaban J connectivity index is 0. The first-order valence-corrected chi connectivity index (χ1v) is 1.76. The van der Waals surface area contributed by atoms with Gasteiger partial charge in [0.1, 0.15) is 0 Å². The maximum atomic E-state index is 3.44. The molecule has 0 amide bonds. The number of rotatable bonds is 2. The number of nitrogens with one attached hydrogen (secondary N) is 1. The van der Waals surface area contributed by atoms with Gasteiger partial charge in [-0.05, 0) is 13.1 Å². The number of hydrogen-bond acceptors (Lipinski definition) is 1. The zero-order valence-corrected chi connectivity index (χ0v) is 4.72. The first kappa shape index (κ1) is 9.27. The minimum atomic E-state index is 0. The van der Waals surface area contributed by atoms with Crippen molar-refractivity contribution in [2.24, 2.45) is 0 Å². The van der Waals surface area contributed by atoms with E-state index in [1.54, 1.807) is 6.20 Å². The highest BCUT2D eigenvalue weighted by molar-refractivity contribution is 5.85. The van der Waals surface area contributed by atoms with Crippen LogP contribution in [0.15, 0.2) is 12.8 Å². The zero-order chi connectivity index (χ0) is 4.12. The third-order valence-electron chi connectivity index (χ3n) is 0.348. The molecule has 0 saturated carbocycles. The van der Waals surface area contributed by atoms with Crippen LogP contribution in [-0.4, -0.2) is 6.54 Å². The monoisotopic (exact) mass is 107 g/mol. The van der Waals surface area contributed by atoms with Gasteiger partial charge in [0, 0.05) is 6.54 Å². The molecule has 0 spiro atoms. The van der Waals surface area contributed by atoms with Crippen LogP contribution in [0, 0.1) is 0 Å². The summed E-state index contributed by atoms with van der Waals surface area (Å²) in [4.78, 5) is 0. The summed E-state index contributed by atoms with van der Waals surface area (Å²) in [6.45, 7) is 6.44. The quantitative estimate of drug-likeness (QED) is 0.559. The molecule has 0 rings (SSSR count). The first-order valence-electron chi connectivity index (χ1n) is 1.76. The van der Waals surface area contributed by atoms with Gasteiger partial charge in [-0.3, -0.25) is 0 Å². The topological polar surface area (TPSA) is 12.0 Å². The highest BCUT2D eigenvalue weighted by atomic mass is 35.5. The van der Waals surface area contributed by atoms with E-state index in [1.807, 2.05) is 6.92 Å². The molecule has 0 unspecified atom stereocenters. The van der Waals surface area contributed by atoms with E-state index in [4.69, 9.17) is 0 Å². The van der Waals surface area contributed by atoms with E-state index >= 15 is 0 Å². The van der Waals surface area contributed by atoms with Crippen LogP contribution in [0.5, 0.6) is 0 Å². The van der Waals surface area contributed by atoms with Crippen molar-refractivity contribution in [2.75, 3.05) is 6.54 Å². The minimum absolute atomic E-state index is 0. The minimum Gasteiger partial charge on any atom is -0.392 e. The van der Waals surface area contributed by atoms with Crippen LogP contribution in [0.1, 0.15) is 6.92 Å². The highest BCUT2D eigenvalue weighted by Gasteiger charge is 1.54. The molecule has 0 aromatic rings. The van der Waals surface area contributed by atoms with Gasteiger partial charge in [-0.1, -0.05) is 6.58 Å². The molecule has 0 saturated heterocycles. The van der Waals surface area contributed by atoms with Crippen LogP contribution >= 0.6 is 12.4 Å². The molecule has 2 heteroatoms. The van der Waals surface area contributed by atoms with Gasteiger partial charge in [-0.25, -0.2) is 0 Å². The van der Waals surface area contributed by atoms with Gasteiger partial charge in [0.25, 0.3) is 0 Å². The lowest BCUT2D eigenvalue weighted by Crippen LogP contribution is -1.99. The molecule has 0 atom stereocenters. The second kappa shape index (κ2) is 8.85. The lowest BCUT2D eigenvalue weighted by molar-refractivity contribution is 0.922. The molecule has 0 fully saturated rings. The van der Waals surface area contributed by atoms with Crippen LogP contribution < -0.4 is 5.32 Å². The molecular weight excluding hydrogens is 97.5 g/mol. The third-order valence-corrected chi connectivity index (χ3v) is 0.348. The molecule has 0 radical (unpaired) electrons. The molecule has 1 N–H and O–H groups in total. The fraction of sp³-hybridized carbons (Fsp3) is 0.500. The molecule has 0 aliphatic carbocycles. The predicted molar refractivity (Wildman–Crippen MR) is 31.1 cm³/mol. The predicted octanol–water partition coefficient (Wildman–Crippen LogP) is 1.16. The van der Waals surface area contributed by atoms with E-state index in [1.165, 1.54) is 0 Å². The van der Waals surface area contributed by atoms with Crippen molar-refractivity contribution in [3.63, 3.8) is 0 Å². The maximum absolute atomic E-state index is 3.44. The van der Waals surface area contributed by atoms with Crippen LogP contribution in [0.25, 0.3) is 0 Å². The molecule has 0 bridgehead atoms. The molecule has 38 valence electrons. The van der Waals surface area contributed by atoms with Gasteiger partial charge >= 0.3 is 0 Å². The van der Waals surface area contributed by atoms with Crippen molar-refractivity contribution < 1.29 is 0 Å². The molecule has 0 aromatic heterocycles. The van der Waals surface area contributed by atoms with Gasteiger partial charge in [-0.15, -0.1) is 12.4 Å². The molecule has 0 aliphatic heterocycles. The average Bonchev–Trinajstić information content (AvgIpc) is 1.41.